The molecular weight excluding hydrogens is 398 g/mol. The maximum atomic E-state index is 12.3. The summed E-state index contributed by atoms with van der Waals surface area (Å²) in [6.45, 7) is 3.89. The van der Waals surface area contributed by atoms with Crippen molar-refractivity contribution in [2.45, 2.75) is 6.54 Å². The van der Waals surface area contributed by atoms with Gasteiger partial charge in [-0.2, -0.15) is 0 Å². The molecule has 0 radical (unpaired) electrons. The standard InChI is InChI=1S/C20H21N3O3S.ClH/c1-25-16-6-4-15(5-7-16)17-14-27-19(21-17)13-22-8-10-23(11-9-22)20(24)18-3-2-12-26-18;/h2-7,12,14H,8-11,13H2,1H3;1H. The number of carbonyl (C=O) groups excluding carboxylic acids is 1. The zero-order valence-electron chi connectivity index (χ0n) is 15.5. The summed E-state index contributed by atoms with van der Waals surface area (Å²) >= 11 is 1.67. The van der Waals surface area contributed by atoms with E-state index >= 15 is 0 Å². The van der Waals surface area contributed by atoms with Gasteiger partial charge in [-0.1, -0.05) is 0 Å². The molecule has 1 amide bonds. The molecule has 1 aliphatic heterocycles. The number of hydrogen-bond acceptors (Lipinski definition) is 6. The highest BCUT2D eigenvalue weighted by molar-refractivity contribution is 7.09. The highest BCUT2D eigenvalue weighted by atomic mass is 35.5. The third-order valence-electron chi connectivity index (χ3n) is 4.69. The maximum Gasteiger partial charge on any atom is 0.289 e. The Hall–Kier alpha value is -2.35. The lowest BCUT2D eigenvalue weighted by Gasteiger charge is -2.33. The molecule has 1 fully saturated rings. The average Bonchev–Trinajstić information content (AvgIpc) is 3.40. The fourth-order valence-corrected chi connectivity index (χ4v) is 3.98. The van der Waals surface area contributed by atoms with Crippen molar-refractivity contribution in [1.82, 2.24) is 14.8 Å². The molecule has 8 heteroatoms. The molecule has 3 heterocycles. The summed E-state index contributed by atoms with van der Waals surface area (Å²) in [6.07, 6.45) is 1.53. The van der Waals surface area contributed by atoms with Crippen LogP contribution in [0.5, 0.6) is 5.75 Å². The van der Waals surface area contributed by atoms with Gasteiger partial charge in [0.15, 0.2) is 5.76 Å². The number of nitrogens with zero attached hydrogens (tertiary/aromatic N) is 3. The second-order valence-corrected chi connectivity index (χ2v) is 7.34. The molecule has 4 rings (SSSR count). The van der Waals surface area contributed by atoms with Gasteiger partial charge in [-0.15, -0.1) is 23.7 Å². The van der Waals surface area contributed by atoms with E-state index in [9.17, 15) is 4.79 Å². The Balaban J connectivity index is 0.00000225. The van der Waals surface area contributed by atoms with Crippen LogP contribution in [0.2, 0.25) is 0 Å². The summed E-state index contributed by atoms with van der Waals surface area (Å²) in [4.78, 5) is 21.3. The number of aromatic nitrogens is 1. The second-order valence-electron chi connectivity index (χ2n) is 6.40. The number of carbonyl (C=O) groups is 1. The van der Waals surface area contributed by atoms with Gasteiger partial charge < -0.3 is 14.1 Å². The fourth-order valence-electron chi connectivity index (χ4n) is 3.13. The molecule has 6 nitrogen and oxygen atoms in total. The number of hydrogen-bond donors (Lipinski definition) is 0. The Morgan fingerprint density at radius 3 is 2.57 bits per heavy atom. The Morgan fingerprint density at radius 2 is 1.93 bits per heavy atom. The van der Waals surface area contributed by atoms with Crippen LogP contribution in [-0.2, 0) is 6.54 Å². The number of amides is 1. The molecule has 0 bridgehead atoms. The lowest BCUT2D eigenvalue weighted by molar-refractivity contribution is 0.0598. The SMILES string of the molecule is COc1ccc(-c2csc(CN3CCN(C(=O)c4ccco4)CC3)n2)cc1.Cl. The molecule has 0 atom stereocenters. The third kappa shape index (κ3) is 4.55. The quantitative estimate of drug-likeness (QED) is 0.629. The normalized spacial score (nSPS) is 14.5. The van der Waals surface area contributed by atoms with Gasteiger partial charge in [0, 0.05) is 37.1 Å². The van der Waals surface area contributed by atoms with Gasteiger partial charge in [-0.3, -0.25) is 9.69 Å². The molecule has 2 aromatic heterocycles. The van der Waals surface area contributed by atoms with Crippen molar-refractivity contribution in [3.05, 3.63) is 58.8 Å². The summed E-state index contributed by atoms with van der Waals surface area (Å²) < 4.78 is 10.4. The number of thiazole rings is 1. The van der Waals surface area contributed by atoms with Crippen molar-refractivity contribution in [1.29, 1.82) is 0 Å². The summed E-state index contributed by atoms with van der Waals surface area (Å²) in [7, 11) is 1.66. The lowest BCUT2D eigenvalue weighted by Crippen LogP contribution is -2.48. The molecule has 0 spiro atoms. The third-order valence-corrected chi connectivity index (χ3v) is 5.52. The van der Waals surface area contributed by atoms with Crippen LogP contribution < -0.4 is 4.74 Å². The monoisotopic (exact) mass is 419 g/mol. The van der Waals surface area contributed by atoms with Gasteiger partial charge in [0.2, 0.25) is 0 Å². The van der Waals surface area contributed by atoms with Crippen molar-refractivity contribution >= 4 is 29.7 Å². The highest BCUT2D eigenvalue weighted by Gasteiger charge is 2.24. The molecule has 3 aromatic rings. The van der Waals surface area contributed by atoms with E-state index in [0.717, 1.165) is 41.6 Å². The number of ether oxygens (including phenoxy) is 1. The van der Waals surface area contributed by atoms with E-state index in [1.165, 1.54) is 6.26 Å². The number of halogens is 1. The Labute approximate surface area is 174 Å². The highest BCUT2D eigenvalue weighted by Crippen LogP contribution is 2.25. The van der Waals surface area contributed by atoms with Crippen molar-refractivity contribution < 1.29 is 13.9 Å². The predicted molar refractivity (Wildman–Crippen MR) is 111 cm³/mol. The van der Waals surface area contributed by atoms with Gasteiger partial charge >= 0.3 is 0 Å². The average molecular weight is 420 g/mol. The number of rotatable bonds is 5. The first-order valence-electron chi connectivity index (χ1n) is 8.87. The Morgan fingerprint density at radius 1 is 1.18 bits per heavy atom. The summed E-state index contributed by atoms with van der Waals surface area (Å²) in [5, 5.41) is 3.18. The summed E-state index contributed by atoms with van der Waals surface area (Å²) in [5.41, 5.74) is 2.08. The topological polar surface area (TPSA) is 58.8 Å². The van der Waals surface area contributed by atoms with Crippen LogP contribution in [0.4, 0.5) is 0 Å². The Kier molecular flexibility index (Phi) is 6.72. The smallest absolute Gasteiger partial charge is 0.289 e. The van der Waals surface area contributed by atoms with Crippen molar-refractivity contribution in [3.8, 4) is 17.0 Å². The van der Waals surface area contributed by atoms with E-state index in [0.29, 0.717) is 18.8 Å². The van der Waals surface area contributed by atoms with Crippen LogP contribution in [0.15, 0.2) is 52.5 Å². The molecule has 0 saturated carbocycles. The van der Waals surface area contributed by atoms with E-state index in [2.05, 4.69) is 10.3 Å². The number of methoxy groups -OCH3 is 1. The van der Waals surface area contributed by atoms with Crippen molar-refractivity contribution in [2.24, 2.45) is 0 Å². The van der Waals surface area contributed by atoms with E-state index in [4.69, 9.17) is 14.1 Å². The summed E-state index contributed by atoms with van der Waals surface area (Å²) in [5.74, 6) is 1.22. The lowest BCUT2D eigenvalue weighted by atomic mass is 10.2. The minimum atomic E-state index is -0.0318. The minimum Gasteiger partial charge on any atom is -0.497 e. The molecular formula is C20H22ClN3O3S. The molecule has 1 saturated heterocycles. The summed E-state index contributed by atoms with van der Waals surface area (Å²) in [6, 6.07) is 11.4. The zero-order valence-corrected chi connectivity index (χ0v) is 17.2. The molecule has 0 unspecified atom stereocenters. The van der Waals surface area contributed by atoms with Crippen LogP contribution in [-0.4, -0.2) is 54.0 Å². The van der Waals surface area contributed by atoms with E-state index in [-0.39, 0.29) is 18.3 Å². The molecule has 0 aliphatic carbocycles. The van der Waals surface area contributed by atoms with Gasteiger partial charge in [-0.05, 0) is 36.4 Å². The first kappa shape index (κ1) is 20.4. The Bertz CT molecular complexity index is 888. The molecule has 1 aliphatic rings. The van der Waals surface area contributed by atoms with E-state index < -0.39 is 0 Å². The van der Waals surface area contributed by atoms with Crippen LogP contribution in [0.3, 0.4) is 0 Å². The number of benzene rings is 1. The molecule has 1 aromatic carbocycles. The van der Waals surface area contributed by atoms with Crippen LogP contribution in [0, 0.1) is 0 Å². The van der Waals surface area contributed by atoms with Gasteiger partial charge in [0.05, 0.1) is 25.6 Å². The van der Waals surface area contributed by atoms with Gasteiger partial charge in [-0.25, -0.2) is 4.98 Å². The number of furan rings is 1. The van der Waals surface area contributed by atoms with Crippen LogP contribution in [0.25, 0.3) is 11.3 Å². The van der Waals surface area contributed by atoms with Crippen molar-refractivity contribution in [3.63, 3.8) is 0 Å². The molecule has 28 heavy (non-hydrogen) atoms. The van der Waals surface area contributed by atoms with E-state index in [1.54, 1.807) is 30.6 Å². The van der Waals surface area contributed by atoms with Gasteiger partial charge in [0.25, 0.3) is 5.91 Å². The molecule has 0 N–H and O–H groups in total. The van der Waals surface area contributed by atoms with E-state index in [1.807, 2.05) is 29.2 Å². The van der Waals surface area contributed by atoms with Crippen molar-refractivity contribution in [2.75, 3.05) is 33.3 Å². The first-order chi connectivity index (χ1) is 13.2. The number of piperazine rings is 1. The first-order valence-corrected chi connectivity index (χ1v) is 9.75. The zero-order chi connectivity index (χ0) is 18.6. The predicted octanol–water partition coefficient (Wildman–Crippen LogP) is 3.79. The fraction of sp³-hybridized carbons (Fsp3) is 0.300. The van der Waals surface area contributed by atoms with Gasteiger partial charge in [0.1, 0.15) is 10.8 Å². The second kappa shape index (κ2) is 9.23. The van der Waals surface area contributed by atoms with Crippen LogP contribution >= 0.6 is 23.7 Å². The maximum absolute atomic E-state index is 12.3. The molecule has 148 valence electrons. The minimum absolute atomic E-state index is 0. The van der Waals surface area contributed by atoms with Crippen LogP contribution in [0.1, 0.15) is 15.6 Å². The largest absolute Gasteiger partial charge is 0.497 e.